The van der Waals surface area contributed by atoms with Gasteiger partial charge in [-0.3, -0.25) is 0 Å². The molecule has 3 heterocycles. The molecule has 9 aromatic carbocycles. The highest BCUT2D eigenvalue weighted by Gasteiger charge is 2.22. The first-order valence-corrected chi connectivity index (χ1v) is 19.0. The second-order valence-corrected chi connectivity index (χ2v) is 14.5. The minimum atomic E-state index is 0.667. The summed E-state index contributed by atoms with van der Waals surface area (Å²) in [7, 11) is 0. The molecule has 12 aromatic rings. The van der Waals surface area contributed by atoms with E-state index in [0.717, 1.165) is 50.1 Å². The molecule has 0 fully saturated rings. The Hall–Kier alpha value is -7.56. The lowest BCUT2D eigenvalue weighted by atomic mass is 9.90. The molecule has 0 saturated carbocycles. The summed E-state index contributed by atoms with van der Waals surface area (Å²) in [5.41, 5.74) is 10.6. The minimum Gasteiger partial charge on any atom is -0.452 e. The Morgan fingerprint density at radius 2 is 0.893 bits per heavy atom. The van der Waals surface area contributed by atoms with Crippen molar-refractivity contribution in [1.29, 1.82) is 0 Å². The van der Waals surface area contributed by atoms with Crippen LogP contribution >= 0.6 is 0 Å². The first-order chi connectivity index (χ1) is 27.8. The first kappa shape index (κ1) is 30.9. The van der Waals surface area contributed by atoms with Crippen LogP contribution in [0.1, 0.15) is 0 Å². The fourth-order valence-electron chi connectivity index (χ4n) is 8.86. The third-order valence-electron chi connectivity index (χ3n) is 11.4. The number of nitrogens with zero attached hydrogens (tertiary/aromatic N) is 3. The van der Waals surface area contributed by atoms with Crippen molar-refractivity contribution < 1.29 is 4.42 Å². The molecule has 0 amide bonds. The number of para-hydroxylation sites is 2. The molecule has 260 valence electrons. The largest absolute Gasteiger partial charge is 0.452 e. The second-order valence-electron chi connectivity index (χ2n) is 14.5. The van der Waals surface area contributed by atoms with Crippen molar-refractivity contribution in [1.82, 2.24) is 14.5 Å². The van der Waals surface area contributed by atoms with Crippen molar-refractivity contribution in [3.05, 3.63) is 188 Å². The zero-order valence-electron chi connectivity index (χ0n) is 30.1. The lowest BCUT2D eigenvalue weighted by Crippen LogP contribution is -1.98. The highest BCUT2D eigenvalue weighted by Crippen LogP contribution is 2.44. The van der Waals surface area contributed by atoms with Crippen LogP contribution in [0.5, 0.6) is 0 Å². The van der Waals surface area contributed by atoms with E-state index in [2.05, 4.69) is 156 Å². The second kappa shape index (κ2) is 12.0. The van der Waals surface area contributed by atoms with Crippen LogP contribution in [0.4, 0.5) is 0 Å². The molecule has 0 bridgehead atoms. The Kier molecular flexibility index (Phi) is 6.60. The molecule has 3 aromatic heterocycles. The average molecular weight is 714 g/mol. The van der Waals surface area contributed by atoms with Crippen molar-refractivity contribution in [2.24, 2.45) is 0 Å². The lowest BCUT2D eigenvalue weighted by Gasteiger charge is -2.18. The van der Waals surface area contributed by atoms with Gasteiger partial charge in [0.2, 0.25) is 0 Å². The number of fused-ring (bicyclic) bond motifs is 12. The summed E-state index contributed by atoms with van der Waals surface area (Å²) >= 11 is 0. The number of hydrogen-bond acceptors (Lipinski definition) is 3. The van der Waals surface area contributed by atoms with Gasteiger partial charge in [-0.1, -0.05) is 152 Å². The maximum absolute atomic E-state index is 6.68. The van der Waals surface area contributed by atoms with Crippen LogP contribution in [0.2, 0.25) is 0 Å². The standard InChI is InChI=1S/C52H31N3O/c1-3-15-32(16-4-1)49-51-50(54-52(53-49)33-17-5-2-6-18-33)44-29-34(27-28-48(44)56-51)41-30-42-37-21-9-7-19-35(37)36-20-8-10-22-38(36)43(42)31-47(41)55-45-25-13-11-23-39(45)40-24-12-14-26-46(40)55/h1-31H. The van der Waals surface area contributed by atoms with Crippen LogP contribution in [0.15, 0.2) is 192 Å². The van der Waals surface area contributed by atoms with Gasteiger partial charge in [-0.2, -0.15) is 0 Å². The summed E-state index contributed by atoms with van der Waals surface area (Å²) in [6, 6.07) is 66.9. The molecule has 0 spiro atoms. The van der Waals surface area contributed by atoms with Crippen LogP contribution in [0.3, 0.4) is 0 Å². The highest BCUT2D eigenvalue weighted by molar-refractivity contribution is 6.26. The molecular weight excluding hydrogens is 683 g/mol. The van der Waals surface area contributed by atoms with Gasteiger partial charge in [-0.25, -0.2) is 9.97 Å². The van der Waals surface area contributed by atoms with Crippen LogP contribution in [0, 0.1) is 0 Å². The van der Waals surface area contributed by atoms with Crippen LogP contribution in [-0.4, -0.2) is 14.5 Å². The Labute approximate surface area is 321 Å². The van der Waals surface area contributed by atoms with Crippen molar-refractivity contribution in [2.75, 3.05) is 0 Å². The van der Waals surface area contributed by atoms with Crippen molar-refractivity contribution in [3.8, 4) is 39.5 Å². The quantitative estimate of drug-likeness (QED) is 0.171. The molecular formula is C52H31N3O. The van der Waals surface area contributed by atoms with E-state index in [1.54, 1.807) is 0 Å². The molecule has 0 N–H and O–H groups in total. The zero-order valence-corrected chi connectivity index (χ0v) is 30.1. The summed E-state index contributed by atoms with van der Waals surface area (Å²) in [5.74, 6) is 0.667. The van der Waals surface area contributed by atoms with Gasteiger partial charge in [0, 0.05) is 32.8 Å². The minimum absolute atomic E-state index is 0.667. The smallest absolute Gasteiger partial charge is 0.180 e. The number of rotatable bonds is 4. The number of benzene rings is 9. The molecule has 0 radical (unpaired) electrons. The third kappa shape index (κ3) is 4.53. The van der Waals surface area contributed by atoms with E-state index in [4.69, 9.17) is 14.4 Å². The Bertz CT molecular complexity index is 3470. The number of aromatic nitrogens is 3. The lowest BCUT2D eigenvalue weighted by molar-refractivity contribution is 0.667. The molecule has 0 saturated heterocycles. The molecule has 0 aliphatic carbocycles. The van der Waals surface area contributed by atoms with Gasteiger partial charge in [-0.05, 0) is 74.3 Å². The molecule has 12 rings (SSSR count). The summed E-state index contributed by atoms with van der Waals surface area (Å²) in [6.07, 6.45) is 0. The molecule has 4 heteroatoms. The van der Waals surface area contributed by atoms with Crippen molar-refractivity contribution in [3.63, 3.8) is 0 Å². The molecule has 0 aliphatic rings. The fraction of sp³-hybridized carbons (Fsp3) is 0. The van der Waals surface area contributed by atoms with Crippen LogP contribution in [0.25, 0.3) is 116 Å². The van der Waals surface area contributed by atoms with Gasteiger partial charge in [0.15, 0.2) is 11.4 Å². The van der Waals surface area contributed by atoms with Gasteiger partial charge in [0.25, 0.3) is 0 Å². The molecule has 0 atom stereocenters. The summed E-state index contributed by atoms with van der Waals surface area (Å²) in [4.78, 5) is 10.3. The monoisotopic (exact) mass is 713 g/mol. The van der Waals surface area contributed by atoms with E-state index >= 15 is 0 Å². The summed E-state index contributed by atoms with van der Waals surface area (Å²) in [6.45, 7) is 0. The molecule has 0 aliphatic heterocycles. The average Bonchev–Trinajstić information content (AvgIpc) is 3.82. The van der Waals surface area contributed by atoms with Crippen molar-refractivity contribution >= 4 is 76.2 Å². The van der Waals surface area contributed by atoms with Crippen LogP contribution in [-0.2, 0) is 0 Å². The van der Waals surface area contributed by atoms with E-state index in [9.17, 15) is 0 Å². The topological polar surface area (TPSA) is 43.9 Å². The van der Waals surface area contributed by atoms with Crippen LogP contribution < -0.4 is 0 Å². The number of furan rings is 1. The Balaban J connectivity index is 1.21. The maximum atomic E-state index is 6.68. The SMILES string of the molecule is c1ccc(-c2nc(-c3ccccc3)c3oc4ccc(-c5cc6c7ccccc7c7ccccc7c6cc5-n5c6ccccc6c6ccccc65)cc4c3n2)cc1. The van der Waals surface area contributed by atoms with E-state index in [1.807, 2.05) is 36.4 Å². The summed E-state index contributed by atoms with van der Waals surface area (Å²) < 4.78 is 9.13. The molecule has 56 heavy (non-hydrogen) atoms. The fourth-order valence-corrected chi connectivity index (χ4v) is 8.86. The summed E-state index contributed by atoms with van der Waals surface area (Å²) in [5, 5.41) is 10.8. The van der Waals surface area contributed by atoms with E-state index in [-0.39, 0.29) is 0 Å². The van der Waals surface area contributed by atoms with Gasteiger partial charge in [-0.15, -0.1) is 0 Å². The molecule has 0 unspecified atom stereocenters. The van der Waals surface area contributed by atoms with E-state index < -0.39 is 0 Å². The van der Waals surface area contributed by atoms with Crippen molar-refractivity contribution in [2.45, 2.75) is 0 Å². The maximum Gasteiger partial charge on any atom is 0.180 e. The third-order valence-corrected chi connectivity index (χ3v) is 11.4. The number of hydrogen-bond donors (Lipinski definition) is 0. The normalized spacial score (nSPS) is 11.9. The van der Waals surface area contributed by atoms with E-state index in [1.165, 1.54) is 54.1 Å². The Morgan fingerprint density at radius 1 is 0.375 bits per heavy atom. The van der Waals surface area contributed by atoms with Gasteiger partial charge in [0.1, 0.15) is 16.8 Å². The highest BCUT2D eigenvalue weighted by atomic mass is 16.3. The van der Waals surface area contributed by atoms with Gasteiger partial charge < -0.3 is 8.98 Å². The Morgan fingerprint density at radius 3 is 1.52 bits per heavy atom. The zero-order chi connectivity index (χ0) is 36.7. The van der Waals surface area contributed by atoms with Gasteiger partial charge >= 0.3 is 0 Å². The predicted octanol–water partition coefficient (Wildman–Crippen LogP) is 13.9. The van der Waals surface area contributed by atoms with E-state index in [0.29, 0.717) is 11.4 Å². The predicted molar refractivity (Wildman–Crippen MR) is 232 cm³/mol. The first-order valence-electron chi connectivity index (χ1n) is 19.0. The molecule has 4 nitrogen and oxygen atoms in total. The van der Waals surface area contributed by atoms with Gasteiger partial charge in [0.05, 0.1) is 16.7 Å².